The van der Waals surface area contributed by atoms with Crippen molar-refractivity contribution in [3.8, 4) is 0 Å². The van der Waals surface area contributed by atoms with Crippen molar-refractivity contribution in [2.45, 2.75) is 43.7 Å². The molecule has 0 spiro atoms. The third kappa shape index (κ3) is 4.13. The lowest BCUT2D eigenvalue weighted by Crippen LogP contribution is -2.50. The number of carbonyl (C=O) groups is 2. The molecule has 10 heteroatoms. The fourth-order valence-electron chi connectivity index (χ4n) is 4.32. The molecule has 1 aromatic carbocycles. The second-order valence-corrected chi connectivity index (χ2v) is 7.91. The molecule has 0 saturated carbocycles. The molecule has 2 saturated heterocycles. The Morgan fingerprint density at radius 2 is 2.07 bits per heavy atom. The Bertz CT molecular complexity index is 989. The summed E-state index contributed by atoms with van der Waals surface area (Å²) in [5, 5.41) is 16.4. The summed E-state index contributed by atoms with van der Waals surface area (Å²) in [5.74, 6) is -0.691. The van der Waals surface area contributed by atoms with Gasteiger partial charge in [0.1, 0.15) is 17.7 Å². The minimum absolute atomic E-state index is 0.0493. The summed E-state index contributed by atoms with van der Waals surface area (Å²) in [4.78, 5) is 43.0. The zero-order valence-corrected chi connectivity index (χ0v) is 16.4. The quantitative estimate of drug-likeness (QED) is 0.654. The lowest BCUT2D eigenvalue weighted by atomic mass is 9.96. The van der Waals surface area contributed by atoms with Gasteiger partial charge in [0.15, 0.2) is 0 Å². The van der Waals surface area contributed by atoms with Crippen LogP contribution in [-0.2, 0) is 16.0 Å². The Morgan fingerprint density at radius 3 is 2.80 bits per heavy atom. The van der Waals surface area contributed by atoms with Crippen molar-refractivity contribution in [3.63, 3.8) is 0 Å². The van der Waals surface area contributed by atoms with E-state index in [4.69, 9.17) is 0 Å². The zero-order valence-electron chi connectivity index (χ0n) is 16.4. The number of likely N-dealkylation sites (tertiary alicyclic amines) is 2. The third-order valence-corrected chi connectivity index (χ3v) is 5.82. The SMILES string of the molecule is O=C(C1CC(O)CN1C(=O)Cc1ccccc1F)N1CCCC(c2n[nH]c(=O)[nH]2)C1. The van der Waals surface area contributed by atoms with Gasteiger partial charge in [-0.15, -0.1) is 0 Å². The van der Waals surface area contributed by atoms with Crippen LogP contribution in [0.4, 0.5) is 4.39 Å². The van der Waals surface area contributed by atoms with E-state index in [1.165, 1.54) is 17.0 Å². The van der Waals surface area contributed by atoms with Crippen LogP contribution in [0.2, 0.25) is 0 Å². The fourth-order valence-corrected chi connectivity index (χ4v) is 4.32. The lowest BCUT2D eigenvalue weighted by molar-refractivity contribution is -0.144. The molecule has 2 fully saturated rings. The van der Waals surface area contributed by atoms with Crippen molar-refractivity contribution in [2.75, 3.05) is 19.6 Å². The molecule has 3 heterocycles. The van der Waals surface area contributed by atoms with Gasteiger partial charge in [-0.05, 0) is 24.5 Å². The number of benzene rings is 1. The Hall–Kier alpha value is -3.01. The normalized spacial score (nSPS) is 24.3. The van der Waals surface area contributed by atoms with Crippen LogP contribution in [0.25, 0.3) is 0 Å². The molecular weight excluding hydrogens is 393 g/mol. The summed E-state index contributed by atoms with van der Waals surface area (Å²) in [6.45, 7) is 0.959. The molecular formula is C20H24FN5O4. The van der Waals surface area contributed by atoms with E-state index >= 15 is 0 Å². The van der Waals surface area contributed by atoms with Gasteiger partial charge in [0, 0.05) is 32.0 Å². The first-order chi connectivity index (χ1) is 14.4. The van der Waals surface area contributed by atoms with Gasteiger partial charge >= 0.3 is 5.69 Å². The number of nitrogens with one attached hydrogen (secondary N) is 2. The number of carbonyl (C=O) groups excluding carboxylic acids is 2. The molecule has 3 unspecified atom stereocenters. The number of hydrogen-bond acceptors (Lipinski definition) is 5. The van der Waals surface area contributed by atoms with Crippen molar-refractivity contribution in [3.05, 3.63) is 52.0 Å². The first-order valence-corrected chi connectivity index (χ1v) is 10.1. The van der Waals surface area contributed by atoms with E-state index in [-0.39, 0.29) is 42.7 Å². The standard InChI is InChI=1S/C20H24FN5O4/c21-15-6-2-1-4-12(15)8-17(28)26-11-14(27)9-16(26)19(29)25-7-3-5-13(10-25)18-22-20(30)24-23-18/h1-2,4,6,13-14,16,27H,3,5,7-11H2,(H2,22,23,24,30). The topological polar surface area (TPSA) is 122 Å². The maximum Gasteiger partial charge on any atom is 0.340 e. The Kier molecular flexibility index (Phi) is 5.67. The van der Waals surface area contributed by atoms with Crippen molar-refractivity contribution in [2.24, 2.45) is 0 Å². The molecule has 2 aromatic rings. The number of aromatic nitrogens is 3. The predicted octanol–water partition coefficient (Wildman–Crippen LogP) is 0.148. The van der Waals surface area contributed by atoms with Gasteiger partial charge in [-0.25, -0.2) is 14.3 Å². The van der Waals surface area contributed by atoms with Crippen molar-refractivity contribution < 1.29 is 19.1 Å². The summed E-state index contributed by atoms with van der Waals surface area (Å²) in [5.41, 5.74) is -0.132. The average Bonchev–Trinajstić information content (AvgIpc) is 3.35. The largest absolute Gasteiger partial charge is 0.391 e. The van der Waals surface area contributed by atoms with Gasteiger partial charge in [-0.1, -0.05) is 18.2 Å². The lowest BCUT2D eigenvalue weighted by Gasteiger charge is -2.35. The van der Waals surface area contributed by atoms with Gasteiger partial charge in [0.05, 0.1) is 12.5 Å². The van der Waals surface area contributed by atoms with Crippen molar-refractivity contribution in [1.29, 1.82) is 0 Å². The van der Waals surface area contributed by atoms with E-state index in [9.17, 15) is 23.9 Å². The highest BCUT2D eigenvalue weighted by molar-refractivity contribution is 5.89. The molecule has 0 bridgehead atoms. The molecule has 4 rings (SSSR count). The number of piperidine rings is 1. The monoisotopic (exact) mass is 417 g/mol. The summed E-state index contributed by atoms with van der Waals surface area (Å²) < 4.78 is 13.9. The summed E-state index contributed by atoms with van der Waals surface area (Å²) in [7, 11) is 0. The highest BCUT2D eigenvalue weighted by Crippen LogP contribution is 2.27. The summed E-state index contributed by atoms with van der Waals surface area (Å²) in [6, 6.07) is 5.25. The minimum atomic E-state index is -0.799. The zero-order chi connectivity index (χ0) is 21.3. The van der Waals surface area contributed by atoms with E-state index in [1.54, 1.807) is 17.0 Å². The predicted molar refractivity (Wildman–Crippen MR) is 104 cm³/mol. The molecule has 2 aliphatic rings. The van der Waals surface area contributed by atoms with E-state index in [0.29, 0.717) is 18.9 Å². The van der Waals surface area contributed by atoms with Gasteiger partial charge < -0.3 is 14.9 Å². The third-order valence-electron chi connectivity index (χ3n) is 5.82. The van der Waals surface area contributed by atoms with Crippen LogP contribution in [0.3, 0.4) is 0 Å². The first-order valence-electron chi connectivity index (χ1n) is 10.1. The van der Waals surface area contributed by atoms with Crippen LogP contribution < -0.4 is 5.69 Å². The first kappa shape index (κ1) is 20.3. The molecule has 160 valence electrons. The molecule has 3 atom stereocenters. The van der Waals surface area contributed by atoms with Crippen LogP contribution >= 0.6 is 0 Å². The Balaban J connectivity index is 1.47. The average molecular weight is 417 g/mol. The van der Waals surface area contributed by atoms with Gasteiger partial charge in [0.25, 0.3) is 0 Å². The van der Waals surface area contributed by atoms with Crippen LogP contribution in [0.5, 0.6) is 0 Å². The number of H-pyrrole nitrogens is 2. The van der Waals surface area contributed by atoms with Crippen LogP contribution in [0.1, 0.15) is 36.6 Å². The molecule has 2 amide bonds. The van der Waals surface area contributed by atoms with Gasteiger partial charge in [-0.2, -0.15) is 5.10 Å². The van der Waals surface area contributed by atoms with Gasteiger partial charge in [0.2, 0.25) is 11.8 Å². The summed E-state index contributed by atoms with van der Waals surface area (Å²) >= 11 is 0. The number of aliphatic hydroxyl groups is 1. The van der Waals surface area contributed by atoms with E-state index in [2.05, 4.69) is 15.2 Å². The molecule has 0 radical (unpaired) electrons. The van der Waals surface area contributed by atoms with Crippen molar-refractivity contribution in [1.82, 2.24) is 25.0 Å². The second kappa shape index (κ2) is 8.39. The second-order valence-electron chi connectivity index (χ2n) is 7.91. The number of amides is 2. The molecule has 0 aliphatic carbocycles. The molecule has 30 heavy (non-hydrogen) atoms. The number of rotatable bonds is 4. The van der Waals surface area contributed by atoms with E-state index < -0.39 is 23.7 Å². The van der Waals surface area contributed by atoms with E-state index in [0.717, 1.165) is 12.8 Å². The Labute approximate surface area is 171 Å². The number of nitrogens with zero attached hydrogens (tertiary/aromatic N) is 3. The molecule has 2 aliphatic heterocycles. The summed E-state index contributed by atoms with van der Waals surface area (Å²) in [6.07, 6.45) is 0.715. The number of hydrogen-bond donors (Lipinski definition) is 3. The number of halogens is 1. The smallest absolute Gasteiger partial charge is 0.340 e. The Morgan fingerprint density at radius 1 is 1.27 bits per heavy atom. The molecule has 9 nitrogen and oxygen atoms in total. The number of aromatic amines is 2. The van der Waals surface area contributed by atoms with Crippen molar-refractivity contribution >= 4 is 11.8 Å². The van der Waals surface area contributed by atoms with Crippen LogP contribution in [-0.4, -0.2) is 73.7 Å². The highest BCUT2D eigenvalue weighted by Gasteiger charge is 2.41. The van der Waals surface area contributed by atoms with Crippen LogP contribution in [0, 0.1) is 5.82 Å². The fraction of sp³-hybridized carbons (Fsp3) is 0.500. The number of aliphatic hydroxyl groups excluding tert-OH is 1. The van der Waals surface area contributed by atoms with Crippen LogP contribution in [0.15, 0.2) is 29.1 Å². The van der Waals surface area contributed by atoms with Gasteiger partial charge in [-0.3, -0.25) is 14.6 Å². The molecule has 1 aromatic heterocycles. The molecule has 3 N–H and O–H groups in total. The maximum atomic E-state index is 13.9. The number of β-amino-alcohol motifs (C(OH)–C–C–N with tert-alkyl or cyclic N) is 1. The highest BCUT2D eigenvalue weighted by atomic mass is 19.1. The maximum absolute atomic E-state index is 13.9. The van der Waals surface area contributed by atoms with E-state index in [1.807, 2.05) is 0 Å². The minimum Gasteiger partial charge on any atom is -0.391 e.